The average molecular weight is 752 g/mol. The van der Waals surface area contributed by atoms with E-state index >= 15 is 0 Å². The van der Waals surface area contributed by atoms with E-state index in [0.29, 0.717) is 0 Å². The Hall–Kier alpha value is -7.26. The third kappa shape index (κ3) is 4.46. The molecule has 0 aliphatic rings. The summed E-state index contributed by atoms with van der Waals surface area (Å²) in [6, 6.07) is 74.4. The minimum atomic E-state index is 1.16. The Kier molecular flexibility index (Phi) is 6.66. The van der Waals surface area contributed by atoms with E-state index < -0.39 is 0 Å². The molecule has 0 unspecified atom stereocenters. The number of aromatic nitrogens is 1. The van der Waals surface area contributed by atoms with Crippen molar-refractivity contribution in [3.63, 3.8) is 0 Å². The van der Waals surface area contributed by atoms with Crippen LogP contribution in [-0.2, 0) is 0 Å². The number of nitrogens with zero attached hydrogens (tertiary/aromatic N) is 1. The third-order valence-corrected chi connectivity index (χ3v) is 13.7. The smallest absolute Gasteiger partial charge is 0.0626 e. The molecular formula is C56H33NS. The lowest BCUT2D eigenvalue weighted by molar-refractivity contribution is 1.19. The van der Waals surface area contributed by atoms with Gasteiger partial charge in [-0.3, -0.25) is 0 Å². The summed E-state index contributed by atoms with van der Waals surface area (Å²) in [5.41, 5.74) is 8.50. The molecule has 0 radical (unpaired) electrons. The van der Waals surface area contributed by atoms with Gasteiger partial charge in [-0.25, -0.2) is 0 Å². The lowest BCUT2D eigenvalue weighted by Crippen LogP contribution is -1.95. The van der Waals surface area contributed by atoms with Crippen LogP contribution in [0.1, 0.15) is 0 Å². The highest BCUT2D eigenvalue weighted by atomic mass is 32.1. The summed E-state index contributed by atoms with van der Waals surface area (Å²) in [7, 11) is 0. The van der Waals surface area contributed by atoms with Crippen LogP contribution < -0.4 is 0 Å². The molecule has 0 spiro atoms. The summed E-state index contributed by atoms with van der Waals surface area (Å²) >= 11 is 1.89. The Morgan fingerprint density at radius 1 is 0.310 bits per heavy atom. The van der Waals surface area contributed by atoms with Crippen LogP contribution in [0.4, 0.5) is 0 Å². The van der Waals surface area contributed by atoms with Crippen molar-refractivity contribution in [1.82, 2.24) is 4.57 Å². The molecular weight excluding hydrogens is 719 g/mol. The van der Waals surface area contributed by atoms with Gasteiger partial charge in [0.25, 0.3) is 0 Å². The van der Waals surface area contributed by atoms with Crippen molar-refractivity contribution in [3.8, 4) is 27.9 Å². The van der Waals surface area contributed by atoms with Gasteiger partial charge in [0, 0.05) is 47.4 Å². The maximum atomic E-state index is 2.52. The highest BCUT2D eigenvalue weighted by Crippen LogP contribution is 2.48. The van der Waals surface area contributed by atoms with Crippen LogP contribution in [-0.4, -0.2) is 4.57 Å². The highest BCUT2D eigenvalue weighted by Gasteiger charge is 2.22. The van der Waals surface area contributed by atoms with Gasteiger partial charge in [-0.2, -0.15) is 0 Å². The molecule has 2 heterocycles. The summed E-state index contributed by atoms with van der Waals surface area (Å²) in [6.07, 6.45) is 0. The van der Waals surface area contributed by atoms with Crippen LogP contribution in [0, 0.1) is 0 Å². The lowest BCUT2D eigenvalue weighted by Gasteiger charge is -2.14. The van der Waals surface area contributed by atoms with Crippen LogP contribution in [0.25, 0.3) is 124 Å². The van der Waals surface area contributed by atoms with Crippen molar-refractivity contribution < 1.29 is 0 Å². The zero-order chi connectivity index (χ0) is 37.9. The number of benzene rings is 11. The highest BCUT2D eigenvalue weighted by molar-refractivity contribution is 7.26. The molecule has 58 heavy (non-hydrogen) atoms. The first-order valence-corrected chi connectivity index (χ1v) is 20.8. The first kappa shape index (κ1) is 31.9. The van der Waals surface area contributed by atoms with E-state index in [2.05, 4.69) is 205 Å². The summed E-state index contributed by atoms with van der Waals surface area (Å²) in [4.78, 5) is 0. The molecule has 2 aromatic heterocycles. The number of para-hydroxylation sites is 1. The summed E-state index contributed by atoms with van der Waals surface area (Å²) in [6.45, 7) is 0. The number of fused-ring (bicyclic) bond motifs is 17. The number of hydrogen-bond acceptors (Lipinski definition) is 1. The number of rotatable bonds is 3. The predicted octanol–water partition coefficient (Wildman–Crippen LogP) is 16.3. The van der Waals surface area contributed by atoms with Gasteiger partial charge in [-0.1, -0.05) is 158 Å². The second-order valence-corrected chi connectivity index (χ2v) is 16.6. The Balaban J connectivity index is 1.10. The second kappa shape index (κ2) is 12.1. The molecule has 0 aliphatic heterocycles. The fourth-order valence-corrected chi connectivity index (χ4v) is 11.1. The van der Waals surface area contributed by atoms with E-state index in [1.807, 2.05) is 11.3 Å². The first-order valence-electron chi connectivity index (χ1n) is 20.0. The normalized spacial score (nSPS) is 12.1. The standard InChI is InChI=1S/C56H33NS/c1-2-16-38(17-3-1)57-50-32-36(35-14-12-15-37(31-35)48-33-49-39-18-5-4-13-34(39)25-27-42(49)40-19-6-7-20-41(40)48)26-28-45(50)54-44-22-9-8-21-43(44)53-47(56(54)57)29-30-52-55(53)46-23-10-11-24-51(46)58-52/h1-33H. The van der Waals surface area contributed by atoms with Crippen molar-refractivity contribution >= 4 is 107 Å². The molecule has 0 bridgehead atoms. The largest absolute Gasteiger partial charge is 0.309 e. The van der Waals surface area contributed by atoms with Gasteiger partial charge in [0.15, 0.2) is 0 Å². The molecule has 11 aromatic carbocycles. The molecule has 0 amide bonds. The zero-order valence-electron chi connectivity index (χ0n) is 31.4. The van der Waals surface area contributed by atoms with Gasteiger partial charge in [0.2, 0.25) is 0 Å². The van der Waals surface area contributed by atoms with Gasteiger partial charge < -0.3 is 4.57 Å². The maximum absolute atomic E-state index is 2.52. The molecule has 0 saturated carbocycles. The minimum Gasteiger partial charge on any atom is -0.309 e. The average Bonchev–Trinajstić information content (AvgIpc) is 3.85. The van der Waals surface area contributed by atoms with Crippen molar-refractivity contribution in [3.05, 3.63) is 200 Å². The van der Waals surface area contributed by atoms with Crippen LogP contribution in [0.2, 0.25) is 0 Å². The minimum absolute atomic E-state index is 1.16. The second-order valence-electron chi connectivity index (χ2n) is 15.6. The van der Waals surface area contributed by atoms with E-state index in [1.54, 1.807) is 0 Å². The topological polar surface area (TPSA) is 4.93 Å². The molecule has 13 aromatic rings. The maximum Gasteiger partial charge on any atom is 0.0626 e. The number of thiophene rings is 1. The van der Waals surface area contributed by atoms with Crippen molar-refractivity contribution in [1.29, 1.82) is 0 Å². The van der Waals surface area contributed by atoms with Gasteiger partial charge in [0.05, 0.1) is 11.0 Å². The molecule has 1 nitrogen and oxygen atoms in total. The SMILES string of the molecule is c1ccc(-n2c3cc(-c4cccc(-c5cc6c7ccccc7ccc6c6ccccc56)c4)ccc3c3c4ccccc4c4c(ccc5sc6ccccc6c54)c32)cc1. The fourth-order valence-electron chi connectivity index (χ4n) is 10.0. The summed E-state index contributed by atoms with van der Waals surface area (Å²) < 4.78 is 5.18. The van der Waals surface area contributed by atoms with E-state index in [9.17, 15) is 0 Å². The molecule has 13 rings (SSSR count). The van der Waals surface area contributed by atoms with Crippen molar-refractivity contribution in [2.45, 2.75) is 0 Å². The molecule has 268 valence electrons. The Labute approximate surface area is 338 Å². The van der Waals surface area contributed by atoms with E-state index in [1.165, 1.54) is 118 Å². The van der Waals surface area contributed by atoms with Gasteiger partial charge in [0.1, 0.15) is 0 Å². The summed E-state index contributed by atoms with van der Waals surface area (Å²) in [5, 5.41) is 18.1. The third-order valence-electron chi connectivity index (χ3n) is 12.5. The molecule has 0 atom stereocenters. The monoisotopic (exact) mass is 751 g/mol. The van der Waals surface area contributed by atoms with Gasteiger partial charge in [-0.05, 0) is 108 Å². The van der Waals surface area contributed by atoms with Gasteiger partial charge >= 0.3 is 0 Å². The molecule has 2 heteroatoms. The lowest BCUT2D eigenvalue weighted by atomic mass is 9.90. The van der Waals surface area contributed by atoms with Crippen molar-refractivity contribution in [2.24, 2.45) is 0 Å². The van der Waals surface area contributed by atoms with Gasteiger partial charge in [-0.15, -0.1) is 11.3 Å². The quantitative estimate of drug-likeness (QED) is 0.158. The van der Waals surface area contributed by atoms with Crippen LogP contribution in [0.5, 0.6) is 0 Å². The van der Waals surface area contributed by atoms with Crippen LogP contribution in [0.15, 0.2) is 200 Å². The molecule has 0 saturated heterocycles. The Bertz CT molecular complexity index is 3850. The molecule has 0 aliphatic carbocycles. The van der Waals surface area contributed by atoms with E-state index in [-0.39, 0.29) is 0 Å². The number of hydrogen-bond donors (Lipinski definition) is 0. The molecule has 0 fully saturated rings. The summed E-state index contributed by atoms with van der Waals surface area (Å²) in [5.74, 6) is 0. The fraction of sp³-hybridized carbons (Fsp3) is 0. The van der Waals surface area contributed by atoms with Crippen molar-refractivity contribution in [2.75, 3.05) is 0 Å². The molecule has 0 N–H and O–H groups in total. The Morgan fingerprint density at radius 3 is 1.81 bits per heavy atom. The van der Waals surface area contributed by atoms with Crippen LogP contribution >= 0.6 is 11.3 Å². The predicted molar refractivity (Wildman–Crippen MR) is 252 cm³/mol. The zero-order valence-corrected chi connectivity index (χ0v) is 32.2. The van der Waals surface area contributed by atoms with E-state index in [0.717, 1.165) is 5.69 Å². The first-order chi connectivity index (χ1) is 28.8. The Morgan fingerprint density at radius 2 is 0.948 bits per heavy atom. The van der Waals surface area contributed by atoms with E-state index in [4.69, 9.17) is 0 Å². The van der Waals surface area contributed by atoms with Crippen LogP contribution in [0.3, 0.4) is 0 Å².